The Morgan fingerprint density at radius 3 is 2.17 bits per heavy atom. The van der Waals surface area contributed by atoms with Gasteiger partial charge in [0.2, 0.25) is 11.8 Å². The molecule has 0 amide bonds. The van der Waals surface area contributed by atoms with Crippen LogP contribution in [0.2, 0.25) is 0 Å². The maximum Gasteiger partial charge on any atom is 0.419 e. The number of hydrogen-bond acceptors (Lipinski definition) is 6. The zero-order chi connectivity index (χ0) is 26.1. The average Bonchev–Trinajstić information content (AvgIpc) is 3.36. The number of methoxy groups -OCH3 is 3. The molecule has 0 saturated heterocycles. The van der Waals surface area contributed by atoms with Crippen LogP contribution in [0.25, 0.3) is 16.9 Å². The van der Waals surface area contributed by atoms with Crippen LogP contribution in [-0.2, 0) is 11.6 Å². The molecule has 188 valence electrons. The molecule has 36 heavy (non-hydrogen) atoms. The molecule has 0 spiro atoms. The van der Waals surface area contributed by atoms with Crippen LogP contribution in [0.15, 0.2) is 60.8 Å². The van der Waals surface area contributed by atoms with Crippen molar-refractivity contribution < 1.29 is 27.4 Å². The lowest BCUT2D eigenvalue weighted by Gasteiger charge is -2.25. The van der Waals surface area contributed by atoms with Gasteiger partial charge in [-0.3, -0.25) is 4.98 Å². The Balaban J connectivity index is 1.90. The Labute approximate surface area is 206 Å². The number of aromatic nitrogens is 4. The molecule has 0 fully saturated rings. The van der Waals surface area contributed by atoms with Crippen LogP contribution < -0.4 is 14.2 Å². The van der Waals surface area contributed by atoms with E-state index in [1.807, 2.05) is 0 Å². The molecule has 10 heteroatoms. The summed E-state index contributed by atoms with van der Waals surface area (Å²) in [5, 5.41) is 4.37. The molecule has 0 aliphatic rings. The number of alkyl halides is 3. The summed E-state index contributed by atoms with van der Waals surface area (Å²) in [7, 11) is 4.42. The lowest BCUT2D eigenvalue weighted by Crippen LogP contribution is -2.25. The Bertz CT molecular complexity index is 1370. The minimum atomic E-state index is -4.62. The predicted molar refractivity (Wildman–Crippen MR) is 128 cm³/mol. The molecule has 7 nitrogen and oxygen atoms in total. The van der Waals surface area contributed by atoms with Gasteiger partial charge in [-0.2, -0.15) is 23.3 Å². The summed E-state index contributed by atoms with van der Waals surface area (Å²) in [6.07, 6.45) is -3.62. The molecule has 0 saturated carbocycles. The number of rotatable bonds is 7. The second-order valence-corrected chi connectivity index (χ2v) is 8.48. The summed E-state index contributed by atoms with van der Waals surface area (Å²) in [5.41, 5.74) is -0.462. The highest BCUT2D eigenvalue weighted by molar-refractivity contribution is 5.67. The summed E-state index contributed by atoms with van der Waals surface area (Å²) < 4.78 is 59.7. The maximum atomic E-state index is 14.1. The van der Waals surface area contributed by atoms with Crippen molar-refractivity contribution >= 4 is 0 Å². The highest BCUT2D eigenvalue weighted by Crippen LogP contribution is 2.42. The first-order valence-corrected chi connectivity index (χ1v) is 11.0. The highest BCUT2D eigenvalue weighted by atomic mass is 19.4. The number of para-hydroxylation sites is 1. The summed E-state index contributed by atoms with van der Waals surface area (Å²) in [5.74, 6) is 1.01. The smallest absolute Gasteiger partial charge is 0.419 e. The van der Waals surface area contributed by atoms with Crippen molar-refractivity contribution in [3.05, 3.63) is 77.7 Å². The highest BCUT2D eigenvalue weighted by Gasteiger charge is 2.42. The van der Waals surface area contributed by atoms with Crippen molar-refractivity contribution in [2.45, 2.75) is 25.4 Å². The molecule has 4 aromatic rings. The second-order valence-electron chi connectivity index (χ2n) is 8.48. The number of halogens is 3. The van der Waals surface area contributed by atoms with Gasteiger partial charge in [-0.05, 0) is 32.0 Å². The van der Waals surface area contributed by atoms with Gasteiger partial charge >= 0.3 is 6.18 Å². The zero-order valence-corrected chi connectivity index (χ0v) is 20.4. The van der Waals surface area contributed by atoms with Crippen LogP contribution in [0.5, 0.6) is 17.5 Å². The van der Waals surface area contributed by atoms with Gasteiger partial charge in [0.25, 0.3) is 0 Å². The van der Waals surface area contributed by atoms with Gasteiger partial charge in [-0.25, -0.2) is 4.68 Å². The van der Waals surface area contributed by atoms with Crippen LogP contribution in [0, 0.1) is 0 Å². The normalized spacial score (nSPS) is 11.9. The zero-order valence-electron chi connectivity index (χ0n) is 20.4. The topological polar surface area (TPSA) is 71.3 Å². The molecular formula is C26H25F3N4O3. The predicted octanol–water partition coefficient (Wildman–Crippen LogP) is 5.70. The lowest BCUT2D eigenvalue weighted by molar-refractivity contribution is -0.138. The Morgan fingerprint density at radius 2 is 1.56 bits per heavy atom. The van der Waals surface area contributed by atoms with E-state index < -0.39 is 17.2 Å². The number of pyridine rings is 2. The van der Waals surface area contributed by atoms with Gasteiger partial charge < -0.3 is 14.2 Å². The molecule has 0 bridgehead atoms. The van der Waals surface area contributed by atoms with E-state index in [9.17, 15) is 13.2 Å². The Kier molecular flexibility index (Phi) is 6.62. The maximum absolute atomic E-state index is 14.1. The van der Waals surface area contributed by atoms with Crippen LogP contribution in [-0.4, -0.2) is 41.1 Å². The Morgan fingerprint density at radius 1 is 0.833 bits per heavy atom. The van der Waals surface area contributed by atoms with E-state index in [2.05, 4.69) is 10.1 Å². The van der Waals surface area contributed by atoms with Crippen molar-refractivity contribution in [1.82, 2.24) is 19.7 Å². The van der Waals surface area contributed by atoms with Gasteiger partial charge in [0, 0.05) is 24.4 Å². The van der Waals surface area contributed by atoms with E-state index in [1.165, 1.54) is 26.0 Å². The van der Waals surface area contributed by atoms with Crippen LogP contribution in [0.1, 0.15) is 30.8 Å². The van der Waals surface area contributed by atoms with Crippen LogP contribution >= 0.6 is 0 Å². The quantitative estimate of drug-likeness (QED) is 0.326. The lowest BCUT2D eigenvalue weighted by atomic mass is 9.82. The van der Waals surface area contributed by atoms with Gasteiger partial charge in [0.1, 0.15) is 5.75 Å². The molecule has 0 atom stereocenters. The fourth-order valence-corrected chi connectivity index (χ4v) is 3.85. The summed E-state index contributed by atoms with van der Waals surface area (Å²) in [4.78, 5) is 9.00. The molecule has 0 radical (unpaired) electrons. The van der Waals surface area contributed by atoms with E-state index in [0.717, 1.165) is 6.20 Å². The molecule has 0 aliphatic heterocycles. The van der Waals surface area contributed by atoms with Crippen LogP contribution in [0.3, 0.4) is 0 Å². The van der Waals surface area contributed by atoms with Gasteiger partial charge in [0.15, 0.2) is 0 Å². The summed E-state index contributed by atoms with van der Waals surface area (Å²) >= 11 is 0. The molecule has 3 aromatic heterocycles. The number of ether oxygens (including phenoxy) is 3. The monoisotopic (exact) mass is 498 g/mol. The second kappa shape index (κ2) is 9.52. The average molecular weight is 499 g/mol. The fraction of sp³-hybridized carbons (Fsp3) is 0.269. The molecule has 4 rings (SSSR count). The summed E-state index contributed by atoms with van der Waals surface area (Å²) in [6.45, 7) is 3.30. The molecule has 0 unspecified atom stereocenters. The third-order valence-corrected chi connectivity index (χ3v) is 5.82. The first-order valence-electron chi connectivity index (χ1n) is 11.0. The van der Waals surface area contributed by atoms with Gasteiger partial charge in [-0.15, -0.1) is 0 Å². The van der Waals surface area contributed by atoms with E-state index >= 15 is 0 Å². The first kappa shape index (κ1) is 25.0. The number of benzene rings is 1. The SMILES string of the molecule is COc1cc(-c2ccc(OC)nc2OC)nc(C(C)(C)c2nn(-c3ccccc3)cc2C(F)(F)F)c1. The van der Waals surface area contributed by atoms with Crippen molar-refractivity contribution in [3.63, 3.8) is 0 Å². The number of nitrogens with zero attached hydrogens (tertiary/aromatic N) is 4. The van der Waals surface area contributed by atoms with Gasteiger partial charge in [0.05, 0.1) is 60.6 Å². The van der Waals surface area contributed by atoms with E-state index in [1.54, 1.807) is 68.4 Å². The first-order chi connectivity index (χ1) is 17.1. The Hall–Kier alpha value is -4.08. The molecule has 1 aromatic carbocycles. The van der Waals surface area contributed by atoms with Crippen molar-refractivity contribution in [1.29, 1.82) is 0 Å². The minimum absolute atomic E-state index is 0.162. The fourth-order valence-electron chi connectivity index (χ4n) is 3.85. The minimum Gasteiger partial charge on any atom is -0.497 e. The van der Waals surface area contributed by atoms with Crippen LogP contribution in [0.4, 0.5) is 13.2 Å². The van der Waals surface area contributed by atoms with Crippen molar-refractivity contribution in [2.24, 2.45) is 0 Å². The number of hydrogen-bond donors (Lipinski definition) is 0. The largest absolute Gasteiger partial charge is 0.497 e. The van der Waals surface area contributed by atoms with E-state index in [4.69, 9.17) is 19.2 Å². The van der Waals surface area contributed by atoms with Gasteiger partial charge in [-0.1, -0.05) is 18.2 Å². The van der Waals surface area contributed by atoms with Crippen molar-refractivity contribution in [2.75, 3.05) is 21.3 Å². The molecule has 0 aliphatic carbocycles. The van der Waals surface area contributed by atoms with E-state index in [0.29, 0.717) is 34.3 Å². The molecule has 3 heterocycles. The molecule has 0 N–H and O–H groups in total. The third kappa shape index (κ3) is 4.71. The standard InChI is InChI=1S/C26H25F3N4O3/c1-25(2,23-19(26(27,28)29)15-33(32-23)16-9-7-6-8-10-16)21-14-17(34-3)13-20(30-21)18-11-12-22(35-4)31-24(18)36-5/h6-15H,1-5H3. The van der Waals surface area contributed by atoms with E-state index in [-0.39, 0.29) is 11.6 Å². The van der Waals surface area contributed by atoms with Crippen molar-refractivity contribution in [3.8, 4) is 34.5 Å². The molecular weight excluding hydrogens is 473 g/mol. The summed E-state index contributed by atoms with van der Waals surface area (Å²) in [6, 6.07) is 15.3. The third-order valence-electron chi connectivity index (χ3n) is 5.82.